The van der Waals surface area contributed by atoms with Crippen LogP contribution in [-0.2, 0) is 0 Å². The predicted octanol–water partition coefficient (Wildman–Crippen LogP) is 4.72. The summed E-state index contributed by atoms with van der Waals surface area (Å²) in [6.07, 6.45) is 0. The molecule has 22 heavy (non-hydrogen) atoms. The van der Waals surface area contributed by atoms with Crippen molar-refractivity contribution in [1.29, 1.82) is 0 Å². The summed E-state index contributed by atoms with van der Waals surface area (Å²) in [5.41, 5.74) is 6.35. The highest BCUT2D eigenvalue weighted by Crippen LogP contribution is 2.40. The van der Waals surface area contributed by atoms with Crippen LogP contribution in [0, 0.1) is 6.92 Å². The second-order valence-corrected chi connectivity index (χ2v) is 5.85. The van der Waals surface area contributed by atoms with E-state index in [1.807, 2.05) is 36.4 Å². The maximum Gasteiger partial charge on any atom is 0.193 e. The second-order valence-electron chi connectivity index (χ2n) is 5.85. The Labute approximate surface area is 130 Å². The van der Waals surface area contributed by atoms with Crippen LogP contribution in [0.1, 0.15) is 44.1 Å². The van der Waals surface area contributed by atoms with Crippen molar-refractivity contribution in [1.82, 2.24) is 0 Å². The number of fused-ring (bicyclic) bond motifs is 2. The molecular formula is C21H16O. The Morgan fingerprint density at radius 2 is 1.18 bits per heavy atom. The lowest BCUT2D eigenvalue weighted by atomic mass is 9.74. The summed E-state index contributed by atoms with van der Waals surface area (Å²) >= 11 is 0. The molecule has 0 aromatic heterocycles. The van der Waals surface area contributed by atoms with Crippen molar-refractivity contribution in [2.75, 3.05) is 0 Å². The monoisotopic (exact) mass is 284 g/mol. The lowest BCUT2D eigenvalue weighted by molar-refractivity contribution is 0.103. The van der Waals surface area contributed by atoms with E-state index in [9.17, 15) is 4.79 Å². The zero-order valence-electron chi connectivity index (χ0n) is 12.4. The van der Waals surface area contributed by atoms with Crippen LogP contribution in [-0.4, -0.2) is 5.78 Å². The third-order valence-electron chi connectivity index (χ3n) is 4.44. The lowest BCUT2D eigenvalue weighted by Gasteiger charge is -2.28. The molecule has 0 fully saturated rings. The number of aryl methyl sites for hydroxylation is 1. The largest absolute Gasteiger partial charge is 0.289 e. The molecule has 0 bridgehead atoms. The molecule has 0 saturated heterocycles. The number of carbonyl (C=O) groups excluding carboxylic acids is 1. The maximum atomic E-state index is 12.7. The van der Waals surface area contributed by atoms with E-state index < -0.39 is 0 Å². The van der Waals surface area contributed by atoms with Gasteiger partial charge in [-0.25, -0.2) is 0 Å². The van der Waals surface area contributed by atoms with Crippen LogP contribution >= 0.6 is 0 Å². The molecule has 0 saturated carbocycles. The zero-order chi connectivity index (χ0) is 15.1. The summed E-state index contributed by atoms with van der Waals surface area (Å²) in [6.45, 7) is 2.09. The molecule has 1 aliphatic carbocycles. The van der Waals surface area contributed by atoms with Gasteiger partial charge >= 0.3 is 0 Å². The van der Waals surface area contributed by atoms with Gasteiger partial charge in [0.05, 0.1) is 0 Å². The molecule has 0 spiro atoms. The highest BCUT2D eigenvalue weighted by molar-refractivity contribution is 6.13. The third kappa shape index (κ3) is 1.90. The first-order chi connectivity index (χ1) is 10.8. The Bertz CT molecular complexity index is 810. The van der Waals surface area contributed by atoms with Gasteiger partial charge in [-0.1, -0.05) is 78.4 Å². The minimum Gasteiger partial charge on any atom is -0.289 e. The van der Waals surface area contributed by atoms with E-state index in [0.717, 1.165) is 22.3 Å². The number of hydrogen-bond acceptors (Lipinski definition) is 1. The average molecular weight is 284 g/mol. The highest BCUT2D eigenvalue weighted by Gasteiger charge is 2.31. The van der Waals surface area contributed by atoms with E-state index in [1.54, 1.807) is 0 Å². The molecule has 3 aromatic carbocycles. The fourth-order valence-electron chi connectivity index (χ4n) is 3.34. The fourth-order valence-corrected chi connectivity index (χ4v) is 3.34. The van der Waals surface area contributed by atoms with Gasteiger partial charge in [-0.2, -0.15) is 0 Å². The second kappa shape index (κ2) is 4.96. The number of benzene rings is 3. The molecular weight excluding hydrogens is 268 g/mol. The average Bonchev–Trinajstić information content (AvgIpc) is 2.57. The van der Waals surface area contributed by atoms with E-state index >= 15 is 0 Å². The van der Waals surface area contributed by atoms with Crippen molar-refractivity contribution >= 4 is 5.78 Å². The molecule has 0 amide bonds. The molecule has 0 radical (unpaired) electrons. The Morgan fingerprint density at radius 3 is 1.73 bits per heavy atom. The smallest absolute Gasteiger partial charge is 0.193 e. The van der Waals surface area contributed by atoms with Crippen LogP contribution < -0.4 is 0 Å². The van der Waals surface area contributed by atoms with E-state index in [1.165, 1.54) is 11.1 Å². The zero-order valence-corrected chi connectivity index (χ0v) is 12.4. The topological polar surface area (TPSA) is 17.1 Å². The van der Waals surface area contributed by atoms with E-state index in [4.69, 9.17) is 0 Å². The van der Waals surface area contributed by atoms with Gasteiger partial charge in [0.25, 0.3) is 0 Å². The minimum absolute atomic E-state index is 0.130. The molecule has 0 heterocycles. The summed E-state index contributed by atoms with van der Waals surface area (Å²) in [7, 11) is 0. The molecule has 0 unspecified atom stereocenters. The molecule has 3 aromatic rings. The van der Waals surface area contributed by atoms with Gasteiger partial charge in [0.1, 0.15) is 0 Å². The molecule has 1 nitrogen and oxygen atoms in total. The molecule has 0 N–H and O–H groups in total. The normalized spacial score (nSPS) is 13.6. The van der Waals surface area contributed by atoms with Crippen molar-refractivity contribution in [3.63, 3.8) is 0 Å². The first-order valence-corrected chi connectivity index (χ1v) is 7.55. The van der Waals surface area contributed by atoms with E-state index in [0.29, 0.717) is 0 Å². The molecule has 106 valence electrons. The van der Waals surface area contributed by atoms with Gasteiger partial charge in [0.15, 0.2) is 5.78 Å². The SMILES string of the molecule is Cc1ccc(C2c3ccccc3C(=O)c3ccccc32)cc1. The van der Waals surface area contributed by atoms with Crippen LogP contribution in [0.25, 0.3) is 0 Å². The van der Waals surface area contributed by atoms with E-state index in [2.05, 4.69) is 43.3 Å². The van der Waals surface area contributed by atoms with Gasteiger partial charge in [0.2, 0.25) is 0 Å². The molecule has 4 rings (SSSR count). The van der Waals surface area contributed by atoms with Crippen LogP contribution in [0.3, 0.4) is 0 Å². The van der Waals surface area contributed by atoms with Crippen LogP contribution in [0.2, 0.25) is 0 Å². The first kappa shape index (κ1) is 13.0. The fraction of sp³-hybridized carbons (Fsp3) is 0.0952. The van der Waals surface area contributed by atoms with Crippen LogP contribution in [0.4, 0.5) is 0 Å². The molecule has 0 atom stereocenters. The Morgan fingerprint density at radius 1 is 0.682 bits per heavy atom. The molecule has 1 aliphatic rings. The van der Waals surface area contributed by atoms with Crippen molar-refractivity contribution in [3.8, 4) is 0 Å². The molecule has 1 heteroatoms. The van der Waals surface area contributed by atoms with E-state index in [-0.39, 0.29) is 11.7 Å². The first-order valence-electron chi connectivity index (χ1n) is 7.55. The third-order valence-corrected chi connectivity index (χ3v) is 4.44. The van der Waals surface area contributed by atoms with Crippen molar-refractivity contribution < 1.29 is 4.79 Å². The summed E-state index contributed by atoms with van der Waals surface area (Å²) in [6, 6.07) is 24.6. The maximum absolute atomic E-state index is 12.7. The molecule has 0 aliphatic heterocycles. The van der Waals surface area contributed by atoms with Crippen LogP contribution in [0.5, 0.6) is 0 Å². The summed E-state index contributed by atoms with van der Waals surface area (Å²) in [5, 5.41) is 0. The minimum atomic E-state index is 0.130. The Hall–Kier alpha value is -2.67. The number of ketones is 1. The van der Waals surface area contributed by atoms with Crippen molar-refractivity contribution in [2.24, 2.45) is 0 Å². The van der Waals surface area contributed by atoms with Gasteiger partial charge < -0.3 is 0 Å². The number of carbonyl (C=O) groups is 1. The summed E-state index contributed by atoms with van der Waals surface area (Å²) < 4.78 is 0. The lowest BCUT2D eigenvalue weighted by Crippen LogP contribution is -2.20. The summed E-state index contributed by atoms with van der Waals surface area (Å²) in [5.74, 6) is 0.264. The van der Waals surface area contributed by atoms with Gasteiger partial charge in [-0.3, -0.25) is 4.79 Å². The standard InChI is InChI=1S/C21H16O/c1-14-10-12-15(13-11-14)20-16-6-2-4-8-18(16)21(22)19-9-5-3-7-17(19)20/h2-13,20H,1H3. The highest BCUT2D eigenvalue weighted by atomic mass is 16.1. The number of hydrogen-bond donors (Lipinski definition) is 0. The predicted molar refractivity (Wildman–Crippen MR) is 88.4 cm³/mol. The number of rotatable bonds is 1. The van der Waals surface area contributed by atoms with Gasteiger partial charge in [-0.05, 0) is 23.6 Å². The Kier molecular flexibility index (Phi) is 2.93. The van der Waals surface area contributed by atoms with Crippen LogP contribution in [0.15, 0.2) is 72.8 Å². The van der Waals surface area contributed by atoms with Gasteiger partial charge in [-0.15, -0.1) is 0 Å². The van der Waals surface area contributed by atoms with Crippen molar-refractivity contribution in [2.45, 2.75) is 12.8 Å². The Balaban J connectivity index is 2.00. The van der Waals surface area contributed by atoms with Crippen molar-refractivity contribution in [3.05, 3.63) is 106 Å². The summed E-state index contributed by atoms with van der Waals surface area (Å²) in [4.78, 5) is 12.7. The quantitative estimate of drug-likeness (QED) is 0.494. The van der Waals surface area contributed by atoms with Gasteiger partial charge in [0, 0.05) is 17.0 Å².